The highest BCUT2D eigenvalue weighted by Gasteiger charge is 2.52. The molecule has 6 nitrogen and oxygen atoms in total. The van der Waals surface area contributed by atoms with Gasteiger partial charge in [-0.05, 0) is 42.6 Å². The Morgan fingerprint density at radius 3 is 2.44 bits per heavy atom. The van der Waals surface area contributed by atoms with E-state index in [9.17, 15) is 9.59 Å². The first-order valence-corrected chi connectivity index (χ1v) is 13.3. The molecule has 2 atom stereocenters. The van der Waals surface area contributed by atoms with Gasteiger partial charge in [0.15, 0.2) is 5.54 Å². The van der Waals surface area contributed by atoms with Gasteiger partial charge >= 0.3 is 6.03 Å². The van der Waals surface area contributed by atoms with E-state index in [2.05, 4.69) is 22.3 Å². The molecule has 1 N–H and O–H groups in total. The first kappa shape index (κ1) is 22.9. The van der Waals surface area contributed by atoms with E-state index in [0.717, 1.165) is 47.6 Å². The fourth-order valence-electron chi connectivity index (χ4n) is 5.45. The molecule has 2 aliphatic heterocycles. The summed E-state index contributed by atoms with van der Waals surface area (Å²) in [5, 5.41) is 4.22. The van der Waals surface area contributed by atoms with Crippen LogP contribution in [0.1, 0.15) is 34.9 Å². The van der Waals surface area contributed by atoms with Crippen LogP contribution in [0, 0.1) is 0 Å². The van der Waals surface area contributed by atoms with Crippen molar-refractivity contribution in [1.29, 1.82) is 0 Å². The third kappa shape index (κ3) is 4.18. The Morgan fingerprint density at radius 1 is 0.944 bits per heavy atom. The predicted molar refractivity (Wildman–Crippen MR) is 142 cm³/mol. The minimum absolute atomic E-state index is 0.190. The second kappa shape index (κ2) is 9.48. The van der Waals surface area contributed by atoms with Crippen LogP contribution in [0.2, 0.25) is 0 Å². The van der Waals surface area contributed by atoms with Gasteiger partial charge in [-0.25, -0.2) is 14.7 Å². The number of nitrogens with zero attached hydrogens (tertiary/aromatic N) is 3. The molecule has 3 amide bonds. The summed E-state index contributed by atoms with van der Waals surface area (Å²) in [6, 6.07) is 27.4. The summed E-state index contributed by atoms with van der Waals surface area (Å²) in [6.45, 7) is 1.93. The molecule has 182 valence electrons. The van der Waals surface area contributed by atoms with E-state index in [1.165, 1.54) is 9.60 Å². The molecule has 2 aliphatic rings. The Hall–Kier alpha value is -3.55. The zero-order chi connectivity index (χ0) is 24.5. The largest absolute Gasteiger partial charge is 0.326 e. The molecule has 0 radical (unpaired) electrons. The molecule has 3 aromatic carbocycles. The number of aromatic nitrogens is 1. The molecule has 0 bridgehead atoms. The molecule has 36 heavy (non-hydrogen) atoms. The van der Waals surface area contributed by atoms with Crippen LogP contribution in [0.4, 0.5) is 4.79 Å². The Labute approximate surface area is 214 Å². The number of piperidine rings is 1. The molecule has 0 unspecified atom stereocenters. The summed E-state index contributed by atoms with van der Waals surface area (Å²) in [5.74, 6) is 0.116. The maximum absolute atomic E-state index is 14.0. The van der Waals surface area contributed by atoms with Crippen molar-refractivity contribution in [1.82, 2.24) is 20.1 Å². The number of imide groups is 1. The minimum Gasteiger partial charge on any atom is -0.319 e. The smallest absolute Gasteiger partial charge is 0.319 e. The van der Waals surface area contributed by atoms with Crippen LogP contribution < -0.4 is 5.32 Å². The van der Waals surface area contributed by atoms with Crippen molar-refractivity contribution in [3.8, 4) is 0 Å². The predicted octanol–water partition coefficient (Wildman–Crippen LogP) is 5.12. The van der Waals surface area contributed by atoms with E-state index >= 15 is 0 Å². The monoisotopic (exact) mass is 496 g/mol. The normalized spacial score (nSPS) is 22.8. The highest BCUT2D eigenvalue weighted by Crippen LogP contribution is 2.35. The SMILES string of the molecule is O=C1N[C@@](Cc2ccccc2)(c2ccccc2)C(=O)N1CN1CCC[C@@H](c2nc3ccccc3s2)C1. The lowest BCUT2D eigenvalue weighted by Crippen LogP contribution is -2.48. The average Bonchev–Trinajstić information content (AvgIpc) is 3.46. The van der Waals surface area contributed by atoms with Gasteiger partial charge in [-0.2, -0.15) is 0 Å². The molecule has 0 saturated carbocycles. The van der Waals surface area contributed by atoms with E-state index in [-0.39, 0.29) is 18.6 Å². The summed E-state index contributed by atoms with van der Waals surface area (Å²) in [7, 11) is 0. The van der Waals surface area contributed by atoms with Crippen LogP contribution in [0.3, 0.4) is 0 Å². The van der Waals surface area contributed by atoms with Crippen molar-refractivity contribution >= 4 is 33.5 Å². The van der Waals surface area contributed by atoms with Gasteiger partial charge in [0.1, 0.15) is 0 Å². The highest BCUT2D eigenvalue weighted by molar-refractivity contribution is 7.18. The molecule has 4 aromatic rings. The Morgan fingerprint density at radius 2 is 1.67 bits per heavy atom. The van der Waals surface area contributed by atoms with Crippen LogP contribution in [0.5, 0.6) is 0 Å². The van der Waals surface area contributed by atoms with Crippen LogP contribution in [-0.4, -0.2) is 46.5 Å². The van der Waals surface area contributed by atoms with Crippen molar-refractivity contribution in [2.45, 2.75) is 30.7 Å². The van der Waals surface area contributed by atoms with Crippen LogP contribution in [0.25, 0.3) is 10.2 Å². The minimum atomic E-state index is -1.11. The van der Waals surface area contributed by atoms with E-state index in [1.807, 2.05) is 72.8 Å². The number of hydrogen-bond donors (Lipinski definition) is 1. The molecule has 0 spiro atoms. The molecule has 3 heterocycles. The van der Waals surface area contributed by atoms with Gasteiger partial charge in [-0.3, -0.25) is 9.69 Å². The molecule has 7 heteroatoms. The number of thiazole rings is 1. The van der Waals surface area contributed by atoms with Gasteiger partial charge < -0.3 is 5.32 Å². The van der Waals surface area contributed by atoms with Crippen molar-refractivity contribution in [3.05, 3.63) is 101 Å². The van der Waals surface area contributed by atoms with Gasteiger partial charge in [-0.1, -0.05) is 72.8 Å². The standard InChI is InChI=1S/C29H28N4O2S/c34-27-29(23-13-5-2-6-14-23,18-21-10-3-1-4-11-21)31-28(35)33(27)20-32-17-9-12-22(19-32)26-30-24-15-7-8-16-25(24)36-26/h1-8,10-11,13-16,22H,9,12,17-20H2,(H,31,35)/t22-,29+/m1/s1. The van der Waals surface area contributed by atoms with Gasteiger partial charge in [-0.15, -0.1) is 11.3 Å². The second-order valence-electron chi connectivity index (χ2n) is 9.67. The molecular formula is C29H28N4O2S. The van der Waals surface area contributed by atoms with Crippen LogP contribution in [0.15, 0.2) is 84.9 Å². The number of urea groups is 1. The molecule has 6 rings (SSSR count). The molecule has 0 aliphatic carbocycles. The lowest BCUT2D eigenvalue weighted by molar-refractivity contribution is -0.133. The number of hydrogen-bond acceptors (Lipinski definition) is 5. The maximum atomic E-state index is 14.0. The third-order valence-corrected chi connectivity index (χ3v) is 8.46. The lowest BCUT2D eigenvalue weighted by atomic mass is 9.83. The van der Waals surface area contributed by atoms with Crippen LogP contribution >= 0.6 is 11.3 Å². The topological polar surface area (TPSA) is 65.5 Å². The van der Waals surface area contributed by atoms with E-state index < -0.39 is 5.54 Å². The first-order valence-electron chi connectivity index (χ1n) is 12.4. The first-order chi connectivity index (χ1) is 17.6. The number of para-hydroxylation sites is 1. The van der Waals surface area contributed by atoms with E-state index in [4.69, 9.17) is 4.98 Å². The number of benzene rings is 3. The summed E-state index contributed by atoms with van der Waals surface area (Å²) < 4.78 is 1.20. The number of fused-ring (bicyclic) bond motifs is 1. The van der Waals surface area contributed by atoms with Gasteiger partial charge in [0.25, 0.3) is 5.91 Å². The Balaban J connectivity index is 1.24. The van der Waals surface area contributed by atoms with Crippen molar-refractivity contribution < 1.29 is 9.59 Å². The van der Waals surface area contributed by atoms with Crippen molar-refractivity contribution in [2.75, 3.05) is 19.8 Å². The number of carbonyl (C=O) groups excluding carboxylic acids is 2. The summed E-state index contributed by atoms with van der Waals surface area (Å²) >= 11 is 1.75. The molecule has 2 saturated heterocycles. The Bertz CT molecular complexity index is 1360. The van der Waals surface area contributed by atoms with Gasteiger partial charge in [0.2, 0.25) is 0 Å². The molecule has 1 aromatic heterocycles. The molecule has 2 fully saturated rings. The number of likely N-dealkylation sites (tertiary alicyclic amines) is 1. The summed E-state index contributed by atoms with van der Waals surface area (Å²) in [5.41, 5.74) is 1.74. The lowest BCUT2D eigenvalue weighted by Gasteiger charge is -2.34. The fraction of sp³-hybridized carbons (Fsp3) is 0.276. The van der Waals surface area contributed by atoms with E-state index in [0.29, 0.717) is 12.3 Å². The Kier molecular flexibility index (Phi) is 6.03. The van der Waals surface area contributed by atoms with Crippen LogP contribution in [-0.2, 0) is 16.8 Å². The van der Waals surface area contributed by atoms with Gasteiger partial charge in [0.05, 0.1) is 21.9 Å². The summed E-state index contributed by atoms with van der Waals surface area (Å²) in [4.78, 5) is 35.8. The second-order valence-corrected chi connectivity index (χ2v) is 10.7. The number of rotatable bonds is 6. The molecular weight excluding hydrogens is 468 g/mol. The average molecular weight is 497 g/mol. The number of nitrogens with one attached hydrogen (secondary N) is 1. The van der Waals surface area contributed by atoms with Crippen molar-refractivity contribution in [2.24, 2.45) is 0 Å². The zero-order valence-corrected chi connectivity index (χ0v) is 20.8. The number of carbonyl (C=O) groups is 2. The number of amides is 3. The quantitative estimate of drug-likeness (QED) is 0.376. The summed E-state index contributed by atoms with van der Waals surface area (Å²) in [6.07, 6.45) is 2.49. The third-order valence-electron chi connectivity index (χ3n) is 7.26. The maximum Gasteiger partial charge on any atom is 0.326 e. The van der Waals surface area contributed by atoms with Crippen molar-refractivity contribution in [3.63, 3.8) is 0 Å². The van der Waals surface area contributed by atoms with E-state index in [1.54, 1.807) is 11.3 Å². The zero-order valence-electron chi connectivity index (χ0n) is 20.0. The highest BCUT2D eigenvalue weighted by atomic mass is 32.1. The van der Waals surface area contributed by atoms with Gasteiger partial charge in [0, 0.05) is 18.9 Å². The fourth-order valence-corrected chi connectivity index (χ4v) is 6.54.